The lowest BCUT2D eigenvalue weighted by atomic mass is 9.90. The first-order chi connectivity index (χ1) is 7.36. The normalized spacial score (nSPS) is 13.1. The van der Waals surface area contributed by atoms with Crippen LogP contribution in [0.4, 0.5) is 0 Å². The summed E-state index contributed by atoms with van der Waals surface area (Å²) in [5.74, 6) is -0.425. The quantitative estimate of drug-likeness (QED) is 0.676. The van der Waals surface area contributed by atoms with Gasteiger partial charge in [0.05, 0.1) is 0 Å². The molecule has 16 heavy (non-hydrogen) atoms. The largest absolute Gasteiger partial charge is 0.355 e. The summed E-state index contributed by atoms with van der Waals surface area (Å²) < 4.78 is 0. The van der Waals surface area contributed by atoms with E-state index in [0.717, 1.165) is 12.8 Å². The average Bonchev–Trinajstić information content (AvgIpc) is 2.25. The molecular weight excluding hydrogens is 204 g/mol. The van der Waals surface area contributed by atoms with Crippen molar-refractivity contribution < 1.29 is 9.59 Å². The third-order valence-corrected chi connectivity index (χ3v) is 2.66. The predicted molar refractivity (Wildman–Crippen MR) is 65.0 cm³/mol. The molecule has 0 rings (SSSR count). The van der Waals surface area contributed by atoms with Crippen molar-refractivity contribution in [3.63, 3.8) is 0 Å². The SMILES string of the molecule is CCCNC(=O)C(C)(C)C(=O)NC(C)CC. The highest BCUT2D eigenvalue weighted by Gasteiger charge is 2.35. The van der Waals surface area contributed by atoms with Gasteiger partial charge in [0, 0.05) is 12.6 Å². The molecule has 4 heteroatoms. The molecule has 0 aromatic rings. The Hall–Kier alpha value is -1.06. The molecule has 1 unspecified atom stereocenters. The van der Waals surface area contributed by atoms with Gasteiger partial charge in [0.1, 0.15) is 5.41 Å². The summed E-state index contributed by atoms with van der Waals surface area (Å²) in [6.45, 7) is 9.81. The van der Waals surface area contributed by atoms with E-state index in [-0.39, 0.29) is 17.9 Å². The highest BCUT2D eigenvalue weighted by Crippen LogP contribution is 2.15. The second kappa shape index (κ2) is 6.51. The second-order valence-electron chi connectivity index (χ2n) is 4.66. The first kappa shape index (κ1) is 14.9. The zero-order valence-corrected chi connectivity index (χ0v) is 11.0. The first-order valence-electron chi connectivity index (χ1n) is 5.95. The number of carbonyl (C=O) groups is 2. The number of rotatable bonds is 6. The third kappa shape index (κ3) is 4.21. The highest BCUT2D eigenvalue weighted by atomic mass is 16.2. The van der Waals surface area contributed by atoms with E-state index >= 15 is 0 Å². The molecule has 0 aliphatic carbocycles. The first-order valence-corrected chi connectivity index (χ1v) is 5.95. The van der Waals surface area contributed by atoms with E-state index < -0.39 is 5.41 Å². The van der Waals surface area contributed by atoms with Crippen LogP contribution in [0.25, 0.3) is 0 Å². The van der Waals surface area contributed by atoms with Gasteiger partial charge in [-0.15, -0.1) is 0 Å². The van der Waals surface area contributed by atoms with Crippen molar-refractivity contribution in [1.82, 2.24) is 10.6 Å². The van der Waals surface area contributed by atoms with Crippen LogP contribution >= 0.6 is 0 Å². The molecule has 0 aliphatic rings. The van der Waals surface area contributed by atoms with E-state index in [9.17, 15) is 9.59 Å². The van der Waals surface area contributed by atoms with Crippen molar-refractivity contribution in [3.05, 3.63) is 0 Å². The lowest BCUT2D eigenvalue weighted by Gasteiger charge is -2.24. The maximum Gasteiger partial charge on any atom is 0.235 e. The average molecular weight is 228 g/mol. The Morgan fingerprint density at radius 1 is 1.19 bits per heavy atom. The van der Waals surface area contributed by atoms with Crippen molar-refractivity contribution in [1.29, 1.82) is 0 Å². The minimum atomic E-state index is -1.00. The van der Waals surface area contributed by atoms with Crippen LogP contribution < -0.4 is 10.6 Å². The molecule has 0 spiro atoms. The smallest absolute Gasteiger partial charge is 0.235 e. The molecule has 2 amide bonds. The fraction of sp³-hybridized carbons (Fsp3) is 0.833. The van der Waals surface area contributed by atoms with Crippen molar-refractivity contribution in [2.75, 3.05) is 6.54 Å². The van der Waals surface area contributed by atoms with E-state index in [1.165, 1.54) is 0 Å². The molecule has 2 N–H and O–H groups in total. The summed E-state index contributed by atoms with van der Waals surface area (Å²) in [7, 11) is 0. The van der Waals surface area contributed by atoms with Gasteiger partial charge in [-0.2, -0.15) is 0 Å². The molecule has 0 radical (unpaired) electrons. The lowest BCUT2D eigenvalue weighted by molar-refractivity contribution is -0.141. The Morgan fingerprint density at radius 2 is 1.75 bits per heavy atom. The molecule has 0 aromatic carbocycles. The lowest BCUT2D eigenvalue weighted by Crippen LogP contribution is -2.50. The highest BCUT2D eigenvalue weighted by molar-refractivity contribution is 6.04. The van der Waals surface area contributed by atoms with E-state index in [1.807, 2.05) is 20.8 Å². The third-order valence-electron chi connectivity index (χ3n) is 2.66. The zero-order chi connectivity index (χ0) is 12.8. The number of carbonyl (C=O) groups excluding carboxylic acids is 2. The molecule has 0 aromatic heterocycles. The van der Waals surface area contributed by atoms with Crippen LogP contribution in [-0.2, 0) is 9.59 Å². The molecule has 0 heterocycles. The molecule has 0 saturated heterocycles. The summed E-state index contributed by atoms with van der Waals surface area (Å²) >= 11 is 0. The number of hydrogen-bond donors (Lipinski definition) is 2. The number of amides is 2. The Labute approximate surface area is 98.2 Å². The zero-order valence-electron chi connectivity index (χ0n) is 11.0. The van der Waals surface area contributed by atoms with E-state index in [1.54, 1.807) is 13.8 Å². The molecule has 94 valence electrons. The van der Waals surface area contributed by atoms with Gasteiger partial charge in [0.25, 0.3) is 0 Å². The molecule has 0 aliphatic heterocycles. The molecule has 4 nitrogen and oxygen atoms in total. The molecular formula is C12H24N2O2. The van der Waals surface area contributed by atoms with E-state index in [0.29, 0.717) is 6.54 Å². The Kier molecular flexibility index (Phi) is 6.08. The van der Waals surface area contributed by atoms with Crippen LogP contribution in [-0.4, -0.2) is 24.4 Å². The monoisotopic (exact) mass is 228 g/mol. The topological polar surface area (TPSA) is 58.2 Å². The van der Waals surface area contributed by atoms with Crippen molar-refractivity contribution in [3.8, 4) is 0 Å². The van der Waals surface area contributed by atoms with Crippen molar-refractivity contribution in [2.45, 2.75) is 53.5 Å². The predicted octanol–water partition coefficient (Wildman–Crippen LogP) is 1.45. The summed E-state index contributed by atoms with van der Waals surface area (Å²) in [4.78, 5) is 23.6. The summed E-state index contributed by atoms with van der Waals surface area (Å²) in [6.07, 6.45) is 1.73. The maximum atomic E-state index is 11.9. The fourth-order valence-electron chi connectivity index (χ4n) is 1.07. The van der Waals surface area contributed by atoms with E-state index in [2.05, 4.69) is 10.6 Å². The van der Waals surface area contributed by atoms with Crippen LogP contribution in [0.5, 0.6) is 0 Å². The Balaban J connectivity index is 4.40. The van der Waals surface area contributed by atoms with Crippen LogP contribution in [0.15, 0.2) is 0 Å². The molecule has 0 saturated carbocycles. The minimum absolute atomic E-state index is 0.103. The Morgan fingerprint density at radius 3 is 2.19 bits per heavy atom. The van der Waals surface area contributed by atoms with Gasteiger partial charge in [-0.1, -0.05) is 13.8 Å². The summed E-state index contributed by atoms with van der Waals surface area (Å²) in [6, 6.07) is 0.103. The van der Waals surface area contributed by atoms with Crippen LogP contribution in [0, 0.1) is 5.41 Å². The van der Waals surface area contributed by atoms with Crippen molar-refractivity contribution in [2.24, 2.45) is 5.41 Å². The van der Waals surface area contributed by atoms with Gasteiger partial charge in [0.15, 0.2) is 0 Å². The van der Waals surface area contributed by atoms with E-state index in [4.69, 9.17) is 0 Å². The van der Waals surface area contributed by atoms with Gasteiger partial charge in [-0.05, 0) is 33.6 Å². The van der Waals surface area contributed by atoms with Crippen LogP contribution in [0.3, 0.4) is 0 Å². The fourth-order valence-corrected chi connectivity index (χ4v) is 1.07. The standard InChI is InChI=1S/C12H24N2O2/c1-6-8-13-10(15)12(4,5)11(16)14-9(3)7-2/h9H,6-8H2,1-5H3,(H,13,15)(H,14,16). The Bertz CT molecular complexity index is 249. The van der Waals surface area contributed by atoms with Crippen LogP contribution in [0.1, 0.15) is 47.5 Å². The van der Waals surface area contributed by atoms with Gasteiger partial charge >= 0.3 is 0 Å². The molecule has 0 bridgehead atoms. The van der Waals surface area contributed by atoms with Gasteiger partial charge < -0.3 is 10.6 Å². The molecule has 1 atom stereocenters. The second-order valence-corrected chi connectivity index (χ2v) is 4.66. The number of hydrogen-bond acceptors (Lipinski definition) is 2. The van der Waals surface area contributed by atoms with Gasteiger partial charge in [-0.3, -0.25) is 9.59 Å². The van der Waals surface area contributed by atoms with Crippen LogP contribution in [0.2, 0.25) is 0 Å². The summed E-state index contributed by atoms with van der Waals surface area (Å²) in [5.41, 5.74) is -1.00. The van der Waals surface area contributed by atoms with Gasteiger partial charge in [-0.25, -0.2) is 0 Å². The van der Waals surface area contributed by atoms with Gasteiger partial charge in [0.2, 0.25) is 11.8 Å². The molecule has 0 fully saturated rings. The number of nitrogens with one attached hydrogen (secondary N) is 2. The maximum absolute atomic E-state index is 11.9. The minimum Gasteiger partial charge on any atom is -0.355 e. The van der Waals surface area contributed by atoms with Crippen molar-refractivity contribution >= 4 is 11.8 Å². The summed E-state index contributed by atoms with van der Waals surface area (Å²) in [5, 5.41) is 5.57.